The van der Waals surface area contributed by atoms with Crippen molar-refractivity contribution in [2.24, 2.45) is 0 Å². The minimum absolute atomic E-state index is 0.0286. The van der Waals surface area contributed by atoms with Crippen LogP contribution in [-0.2, 0) is 9.53 Å². The van der Waals surface area contributed by atoms with E-state index in [0.29, 0.717) is 12.1 Å². The molecule has 3 rings (SSSR count). The summed E-state index contributed by atoms with van der Waals surface area (Å²) in [7, 11) is 1.73. The number of benzene rings is 1. The number of nitrogens with zero attached hydrogens (tertiary/aromatic N) is 2. The van der Waals surface area contributed by atoms with Gasteiger partial charge in [-0.25, -0.2) is 4.98 Å². The van der Waals surface area contributed by atoms with Crippen molar-refractivity contribution in [1.82, 2.24) is 9.55 Å². The van der Waals surface area contributed by atoms with Gasteiger partial charge in [-0.2, -0.15) is 0 Å². The van der Waals surface area contributed by atoms with Crippen LogP contribution >= 0.6 is 34.4 Å². The van der Waals surface area contributed by atoms with Crippen molar-refractivity contribution in [3.8, 4) is 0 Å². The summed E-state index contributed by atoms with van der Waals surface area (Å²) >= 11 is 3.54. The van der Waals surface area contributed by atoms with Gasteiger partial charge in [0.1, 0.15) is 0 Å². The van der Waals surface area contributed by atoms with Crippen molar-refractivity contribution in [2.75, 3.05) is 12.9 Å². The Kier molecular flexibility index (Phi) is 4.41. The standard InChI is InChI=1S/C14H15IN2O3S/c1-20-10-5-9(6-10)17-12-3-2-8(15)4-11(12)16-14(17)21-7-13(18)19/h2-4,9-10H,5-7H2,1H3,(H,18,19). The summed E-state index contributed by atoms with van der Waals surface area (Å²) in [6, 6.07) is 6.49. The Morgan fingerprint density at radius 1 is 1.57 bits per heavy atom. The van der Waals surface area contributed by atoms with Gasteiger partial charge in [0.2, 0.25) is 0 Å². The van der Waals surface area contributed by atoms with E-state index in [2.05, 4.69) is 44.3 Å². The fourth-order valence-electron chi connectivity index (χ4n) is 2.57. The number of carboxylic acids is 1. The van der Waals surface area contributed by atoms with Crippen molar-refractivity contribution in [3.05, 3.63) is 21.8 Å². The van der Waals surface area contributed by atoms with E-state index in [0.717, 1.165) is 32.6 Å². The molecule has 1 fully saturated rings. The fourth-order valence-corrected chi connectivity index (χ4v) is 3.85. The molecule has 1 aromatic carbocycles. The van der Waals surface area contributed by atoms with Gasteiger partial charge in [0.25, 0.3) is 0 Å². The van der Waals surface area contributed by atoms with Crippen LogP contribution in [0.1, 0.15) is 18.9 Å². The van der Waals surface area contributed by atoms with E-state index >= 15 is 0 Å². The fraction of sp³-hybridized carbons (Fsp3) is 0.429. The highest BCUT2D eigenvalue weighted by atomic mass is 127. The number of fused-ring (bicyclic) bond motifs is 1. The second kappa shape index (κ2) is 6.13. The lowest BCUT2D eigenvalue weighted by atomic mass is 9.89. The number of ether oxygens (including phenoxy) is 1. The van der Waals surface area contributed by atoms with E-state index in [1.54, 1.807) is 7.11 Å². The number of carbonyl (C=O) groups is 1. The van der Waals surface area contributed by atoms with E-state index in [1.807, 2.05) is 6.07 Å². The third-order valence-electron chi connectivity index (χ3n) is 3.71. The molecule has 0 unspecified atom stereocenters. The highest BCUT2D eigenvalue weighted by molar-refractivity contribution is 14.1. The number of halogens is 1. The lowest BCUT2D eigenvalue weighted by Gasteiger charge is -2.36. The Morgan fingerprint density at radius 2 is 2.33 bits per heavy atom. The molecule has 0 saturated heterocycles. The molecule has 1 aliphatic carbocycles. The summed E-state index contributed by atoms with van der Waals surface area (Å²) in [5.41, 5.74) is 2.00. The highest BCUT2D eigenvalue weighted by Gasteiger charge is 2.33. The van der Waals surface area contributed by atoms with Crippen LogP contribution in [0.5, 0.6) is 0 Å². The number of rotatable bonds is 5. The van der Waals surface area contributed by atoms with E-state index in [4.69, 9.17) is 9.84 Å². The molecular formula is C14H15IN2O3S. The lowest BCUT2D eigenvalue weighted by molar-refractivity contribution is -0.133. The second-order valence-electron chi connectivity index (χ2n) is 5.06. The second-order valence-corrected chi connectivity index (χ2v) is 7.25. The predicted molar refractivity (Wildman–Crippen MR) is 89.9 cm³/mol. The van der Waals surface area contributed by atoms with Crippen LogP contribution in [-0.4, -0.2) is 39.6 Å². The van der Waals surface area contributed by atoms with Gasteiger partial charge in [0, 0.05) is 16.7 Å². The summed E-state index contributed by atoms with van der Waals surface area (Å²) in [4.78, 5) is 15.4. The molecule has 0 bridgehead atoms. The number of thioether (sulfide) groups is 1. The Bertz CT molecular complexity index is 682. The molecule has 2 aromatic rings. The van der Waals surface area contributed by atoms with Crippen LogP contribution in [0.3, 0.4) is 0 Å². The molecule has 7 heteroatoms. The zero-order chi connectivity index (χ0) is 15.0. The molecule has 1 aromatic heterocycles. The zero-order valence-corrected chi connectivity index (χ0v) is 14.4. The highest BCUT2D eigenvalue weighted by Crippen LogP contribution is 2.39. The summed E-state index contributed by atoms with van der Waals surface area (Å²) in [6.07, 6.45) is 2.21. The van der Waals surface area contributed by atoms with Crippen molar-refractivity contribution >= 4 is 51.4 Å². The Hall–Kier alpha value is -0.800. The maximum atomic E-state index is 10.8. The predicted octanol–water partition coefficient (Wildman–Crippen LogP) is 3.17. The average Bonchev–Trinajstić information content (AvgIpc) is 2.73. The first-order valence-electron chi connectivity index (χ1n) is 6.63. The van der Waals surface area contributed by atoms with Gasteiger partial charge >= 0.3 is 5.97 Å². The molecule has 1 saturated carbocycles. The smallest absolute Gasteiger partial charge is 0.313 e. The third-order valence-corrected chi connectivity index (χ3v) is 5.32. The summed E-state index contributed by atoms with van der Waals surface area (Å²) in [5.74, 6) is -0.794. The van der Waals surface area contributed by atoms with Gasteiger partial charge < -0.3 is 14.4 Å². The van der Waals surface area contributed by atoms with Crippen LogP contribution in [0.15, 0.2) is 23.4 Å². The van der Waals surface area contributed by atoms with Crippen molar-refractivity contribution in [3.63, 3.8) is 0 Å². The number of methoxy groups -OCH3 is 1. The minimum atomic E-state index is -0.823. The maximum Gasteiger partial charge on any atom is 0.313 e. The van der Waals surface area contributed by atoms with Gasteiger partial charge in [-0.15, -0.1) is 0 Å². The van der Waals surface area contributed by atoms with Crippen LogP contribution in [0.4, 0.5) is 0 Å². The van der Waals surface area contributed by atoms with Crippen LogP contribution in [0.25, 0.3) is 11.0 Å². The van der Waals surface area contributed by atoms with Gasteiger partial charge in [-0.3, -0.25) is 4.79 Å². The summed E-state index contributed by atoms with van der Waals surface area (Å²) in [5, 5.41) is 9.68. The number of aliphatic carboxylic acids is 1. The van der Waals surface area contributed by atoms with Gasteiger partial charge in [0.05, 0.1) is 22.9 Å². The normalized spacial score (nSPS) is 21.4. The molecule has 0 aliphatic heterocycles. The van der Waals surface area contributed by atoms with Crippen molar-refractivity contribution < 1.29 is 14.6 Å². The molecule has 1 heterocycles. The zero-order valence-electron chi connectivity index (χ0n) is 11.5. The number of imidazole rings is 1. The van der Waals surface area contributed by atoms with E-state index in [1.165, 1.54) is 11.8 Å². The first kappa shape index (κ1) is 15.1. The van der Waals surface area contributed by atoms with Crippen molar-refractivity contribution in [1.29, 1.82) is 0 Å². The van der Waals surface area contributed by atoms with E-state index in [-0.39, 0.29) is 5.75 Å². The molecule has 21 heavy (non-hydrogen) atoms. The molecular weight excluding hydrogens is 403 g/mol. The molecule has 112 valence electrons. The maximum absolute atomic E-state index is 10.8. The topological polar surface area (TPSA) is 64.3 Å². The van der Waals surface area contributed by atoms with E-state index in [9.17, 15) is 4.79 Å². The molecule has 1 N–H and O–H groups in total. The molecule has 0 amide bonds. The van der Waals surface area contributed by atoms with Crippen LogP contribution < -0.4 is 0 Å². The summed E-state index contributed by atoms with van der Waals surface area (Å²) < 4.78 is 8.65. The third kappa shape index (κ3) is 3.04. The number of hydrogen-bond acceptors (Lipinski definition) is 4. The first-order valence-corrected chi connectivity index (χ1v) is 8.70. The first-order chi connectivity index (χ1) is 10.1. The molecule has 1 aliphatic rings. The lowest BCUT2D eigenvalue weighted by Crippen LogP contribution is -2.32. The number of aromatic nitrogens is 2. The Balaban J connectivity index is 1.97. The number of hydrogen-bond donors (Lipinski definition) is 1. The Morgan fingerprint density at radius 3 is 3.00 bits per heavy atom. The molecule has 5 nitrogen and oxygen atoms in total. The average molecular weight is 418 g/mol. The molecule has 0 atom stereocenters. The number of carboxylic acid groups (broad SMARTS) is 1. The monoisotopic (exact) mass is 418 g/mol. The SMILES string of the molecule is COC1CC(n2c(SCC(=O)O)nc3cc(I)ccc32)C1. The molecule has 0 spiro atoms. The van der Waals surface area contributed by atoms with Gasteiger partial charge in [-0.05, 0) is 53.6 Å². The van der Waals surface area contributed by atoms with Crippen LogP contribution in [0.2, 0.25) is 0 Å². The Labute approximate surface area is 140 Å². The van der Waals surface area contributed by atoms with Gasteiger partial charge in [0.15, 0.2) is 5.16 Å². The minimum Gasteiger partial charge on any atom is -0.481 e. The van der Waals surface area contributed by atoms with Crippen molar-refractivity contribution in [2.45, 2.75) is 30.1 Å². The summed E-state index contributed by atoms with van der Waals surface area (Å²) in [6.45, 7) is 0. The van der Waals surface area contributed by atoms with E-state index < -0.39 is 5.97 Å². The van der Waals surface area contributed by atoms with Gasteiger partial charge in [-0.1, -0.05) is 11.8 Å². The van der Waals surface area contributed by atoms with Crippen LogP contribution in [0, 0.1) is 3.57 Å². The quantitative estimate of drug-likeness (QED) is 0.597. The molecule has 0 radical (unpaired) electrons. The largest absolute Gasteiger partial charge is 0.481 e.